The first-order valence-corrected chi connectivity index (χ1v) is 7.05. The van der Waals surface area contributed by atoms with E-state index in [1.165, 1.54) is 0 Å². The number of Topliss-reactive ketones (excluding diaryl/α,β-unsaturated/α-hetero) is 1. The van der Waals surface area contributed by atoms with Gasteiger partial charge in [0.15, 0.2) is 5.78 Å². The zero-order valence-electron chi connectivity index (χ0n) is 10.3. The van der Waals surface area contributed by atoms with Crippen molar-refractivity contribution in [2.45, 2.75) is 31.6 Å². The molecular formula is C14H18O2S. The molecule has 3 heteroatoms. The highest BCUT2D eigenvalue weighted by molar-refractivity contribution is 8.00. The third kappa shape index (κ3) is 3.33. The molecule has 2 nitrogen and oxygen atoms in total. The van der Waals surface area contributed by atoms with E-state index in [-0.39, 0.29) is 11.9 Å². The molecule has 0 N–H and O–H groups in total. The van der Waals surface area contributed by atoms with E-state index in [1.807, 2.05) is 31.2 Å². The summed E-state index contributed by atoms with van der Waals surface area (Å²) in [5.74, 6) is 0.778. The van der Waals surface area contributed by atoms with Crippen LogP contribution < -0.4 is 0 Å². The molecule has 17 heavy (non-hydrogen) atoms. The lowest BCUT2D eigenvalue weighted by atomic mass is 10.1. The minimum Gasteiger partial charge on any atom is -0.377 e. The van der Waals surface area contributed by atoms with E-state index in [9.17, 15) is 4.79 Å². The predicted molar refractivity (Wildman–Crippen MR) is 71.8 cm³/mol. The van der Waals surface area contributed by atoms with Crippen LogP contribution in [0.5, 0.6) is 0 Å². The molecule has 0 amide bonds. The van der Waals surface area contributed by atoms with E-state index < -0.39 is 0 Å². The van der Waals surface area contributed by atoms with Gasteiger partial charge in [0, 0.05) is 17.4 Å². The molecule has 1 fully saturated rings. The molecule has 1 aromatic rings. The summed E-state index contributed by atoms with van der Waals surface area (Å²) in [7, 11) is 0. The molecule has 0 radical (unpaired) electrons. The SMILES string of the molecule is Cc1cccc(C(=O)CSC2CCOC2C)c1. The fraction of sp³-hybridized carbons (Fsp3) is 0.500. The van der Waals surface area contributed by atoms with Gasteiger partial charge < -0.3 is 4.74 Å². The Bertz CT molecular complexity index is 403. The maximum Gasteiger partial charge on any atom is 0.172 e. The van der Waals surface area contributed by atoms with E-state index in [0.717, 1.165) is 24.2 Å². The number of ether oxygens (including phenoxy) is 1. The van der Waals surface area contributed by atoms with E-state index in [2.05, 4.69) is 6.92 Å². The van der Waals surface area contributed by atoms with Crippen molar-refractivity contribution in [2.75, 3.05) is 12.4 Å². The average Bonchev–Trinajstić information content (AvgIpc) is 2.72. The summed E-state index contributed by atoms with van der Waals surface area (Å²) >= 11 is 1.73. The summed E-state index contributed by atoms with van der Waals surface area (Å²) in [6, 6.07) is 7.80. The molecule has 2 unspecified atom stereocenters. The monoisotopic (exact) mass is 250 g/mol. The number of thioether (sulfide) groups is 1. The molecule has 1 aliphatic heterocycles. The number of hydrogen-bond acceptors (Lipinski definition) is 3. The van der Waals surface area contributed by atoms with Crippen LogP contribution in [0.15, 0.2) is 24.3 Å². The van der Waals surface area contributed by atoms with Crippen molar-refractivity contribution in [1.29, 1.82) is 0 Å². The van der Waals surface area contributed by atoms with Gasteiger partial charge in [0.2, 0.25) is 0 Å². The molecule has 0 aromatic heterocycles. The van der Waals surface area contributed by atoms with Crippen LogP contribution in [0.3, 0.4) is 0 Å². The summed E-state index contributed by atoms with van der Waals surface area (Å²) < 4.78 is 5.49. The lowest BCUT2D eigenvalue weighted by Crippen LogP contribution is -2.16. The highest BCUT2D eigenvalue weighted by Crippen LogP contribution is 2.26. The van der Waals surface area contributed by atoms with Gasteiger partial charge in [-0.3, -0.25) is 4.79 Å². The Labute approximate surface area is 107 Å². The van der Waals surface area contributed by atoms with Crippen LogP contribution in [0.25, 0.3) is 0 Å². The zero-order valence-corrected chi connectivity index (χ0v) is 11.1. The molecule has 1 heterocycles. The lowest BCUT2D eigenvalue weighted by molar-refractivity contribution is 0.102. The van der Waals surface area contributed by atoms with Gasteiger partial charge in [-0.05, 0) is 26.3 Å². The van der Waals surface area contributed by atoms with Crippen LogP contribution in [0.1, 0.15) is 29.3 Å². The van der Waals surface area contributed by atoms with E-state index in [0.29, 0.717) is 11.0 Å². The number of hydrogen-bond donors (Lipinski definition) is 0. The van der Waals surface area contributed by atoms with Crippen LogP contribution in [-0.4, -0.2) is 29.5 Å². The third-order valence-electron chi connectivity index (χ3n) is 3.08. The number of aryl methyl sites for hydroxylation is 1. The molecule has 0 spiro atoms. The van der Waals surface area contributed by atoms with E-state index in [1.54, 1.807) is 11.8 Å². The lowest BCUT2D eigenvalue weighted by Gasteiger charge is -2.12. The molecule has 0 saturated carbocycles. The Morgan fingerprint density at radius 2 is 2.35 bits per heavy atom. The first kappa shape index (κ1) is 12.7. The smallest absolute Gasteiger partial charge is 0.172 e. The maximum atomic E-state index is 12.0. The van der Waals surface area contributed by atoms with Gasteiger partial charge in [-0.1, -0.05) is 23.8 Å². The summed E-state index contributed by atoms with van der Waals surface area (Å²) in [5, 5.41) is 0.476. The van der Waals surface area contributed by atoms with Crippen LogP contribution in [0.4, 0.5) is 0 Å². The number of rotatable bonds is 4. The van der Waals surface area contributed by atoms with Crippen LogP contribution in [0, 0.1) is 6.92 Å². The van der Waals surface area contributed by atoms with Gasteiger partial charge in [-0.15, -0.1) is 11.8 Å². The Morgan fingerprint density at radius 1 is 1.53 bits per heavy atom. The standard InChI is InChI=1S/C14H18O2S/c1-10-4-3-5-12(8-10)13(15)9-17-14-6-7-16-11(14)2/h3-5,8,11,14H,6-7,9H2,1-2H3. The van der Waals surface area contributed by atoms with Crippen LogP contribution in [0.2, 0.25) is 0 Å². The Morgan fingerprint density at radius 3 is 3.00 bits per heavy atom. The first-order chi connectivity index (χ1) is 8.16. The topological polar surface area (TPSA) is 26.3 Å². The fourth-order valence-corrected chi connectivity index (χ4v) is 3.16. The van der Waals surface area contributed by atoms with Gasteiger partial charge in [-0.25, -0.2) is 0 Å². The van der Waals surface area contributed by atoms with Gasteiger partial charge >= 0.3 is 0 Å². The van der Waals surface area contributed by atoms with Gasteiger partial charge in [-0.2, -0.15) is 0 Å². The fourth-order valence-electron chi connectivity index (χ4n) is 2.02. The van der Waals surface area contributed by atoms with Gasteiger partial charge in [0.1, 0.15) is 0 Å². The number of carbonyl (C=O) groups excluding carboxylic acids is 1. The molecule has 1 aromatic carbocycles. The quantitative estimate of drug-likeness (QED) is 0.768. The Hall–Kier alpha value is -0.800. The summed E-state index contributed by atoms with van der Waals surface area (Å²) in [6.07, 6.45) is 1.35. The minimum absolute atomic E-state index is 0.220. The molecule has 2 atom stereocenters. The zero-order chi connectivity index (χ0) is 12.3. The van der Waals surface area contributed by atoms with Crippen molar-refractivity contribution in [3.63, 3.8) is 0 Å². The molecule has 1 aliphatic rings. The molecule has 0 bridgehead atoms. The van der Waals surface area contributed by atoms with Crippen molar-refractivity contribution in [2.24, 2.45) is 0 Å². The first-order valence-electron chi connectivity index (χ1n) is 6.00. The molecular weight excluding hydrogens is 232 g/mol. The second-order valence-corrected chi connectivity index (χ2v) is 5.73. The van der Waals surface area contributed by atoms with E-state index >= 15 is 0 Å². The third-order valence-corrected chi connectivity index (χ3v) is 4.55. The summed E-state index contributed by atoms with van der Waals surface area (Å²) in [6.45, 7) is 4.93. The highest BCUT2D eigenvalue weighted by Gasteiger charge is 2.25. The minimum atomic E-state index is 0.220. The number of benzene rings is 1. The predicted octanol–water partition coefficient (Wildman–Crippen LogP) is 3.09. The summed E-state index contributed by atoms with van der Waals surface area (Å²) in [4.78, 5) is 12.0. The Kier molecular flexibility index (Phi) is 4.24. The van der Waals surface area contributed by atoms with E-state index in [4.69, 9.17) is 4.74 Å². The van der Waals surface area contributed by atoms with Crippen molar-refractivity contribution >= 4 is 17.5 Å². The second-order valence-electron chi connectivity index (χ2n) is 4.51. The average molecular weight is 250 g/mol. The molecule has 2 rings (SSSR count). The van der Waals surface area contributed by atoms with Gasteiger partial charge in [0.25, 0.3) is 0 Å². The number of ketones is 1. The summed E-state index contributed by atoms with van der Waals surface area (Å²) in [5.41, 5.74) is 1.96. The molecule has 1 saturated heterocycles. The van der Waals surface area contributed by atoms with Crippen molar-refractivity contribution < 1.29 is 9.53 Å². The van der Waals surface area contributed by atoms with Crippen molar-refractivity contribution in [1.82, 2.24) is 0 Å². The second kappa shape index (κ2) is 5.69. The largest absolute Gasteiger partial charge is 0.377 e. The number of carbonyl (C=O) groups is 1. The highest BCUT2D eigenvalue weighted by atomic mass is 32.2. The van der Waals surface area contributed by atoms with Crippen molar-refractivity contribution in [3.05, 3.63) is 35.4 Å². The molecule has 92 valence electrons. The normalized spacial score (nSPS) is 23.9. The Balaban J connectivity index is 1.89. The van der Waals surface area contributed by atoms with Gasteiger partial charge in [0.05, 0.1) is 11.9 Å². The van der Waals surface area contributed by atoms with Crippen LogP contribution >= 0.6 is 11.8 Å². The van der Waals surface area contributed by atoms with Crippen LogP contribution in [-0.2, 0) is 4.74 Å². The maximum absolute atomic E-state index is 12.0. The van der Waals surface area contributed by atoms with Crippen molar-refractivity contribution in [3.8, 4) is 0 Å². The molecule has 0 aliphatic carbocycles.